The fourth-order valence-corrected chi connectivity index (χ4v) is 3.84. The molecule has 0 saturated carbocycles. The van der Waals surface area contributed by atoms with E-state index in [1.807, 2.05) is 30.3 Å². The van der Waals surface area contributed by atoms with Crippen LogP contribution in [-0.4, -0.2) is 33.0 Å². The van der Waals surface area contributed by atoms with Crippen molar-refractivity contribution in [3.05, 3.63) is 79.4 Å². The predicted molar refractivity (Wildman–Crippen MR) is 133 cm³/mol. The number of hydrogen-bond acceptors (Lipinski definition) is 8. The van der Waals surface area contributed by atoms with Gasteiger partial charge in [0.2, 0.25) is 5.95 Å². The van der Waals surface area contributed by atoms with Gasteiger partial charge in [-0.25, -0.2) is 19.9 Å². The number of rotatable bonds is 7. The summed E-state index contributed by atoms with van der Waals surface area (Å²) >= 11 is 0. The zero-order chi connectivity index (χ0) is 22.3. The van der Waals surface area contributed by atoms with Gasteiger partial charge in [0, 0.05) is 48.5 Å². The van der Waals surface area contributed by atoms with E-state index in [0.29, 0.717) is 11.8 Å². The van der Waals surface area contributed by atoms with E-state index in [-0.39, 0.29) is 0 Å². The Morgan fingerprint density at radius 2 is 1.48 bits per heavy atom. The molecule has 5 rings (SSSR count). The van der Waals surface area contributed by atoms with Gasteiger partial charge in [-0.1, -0.05) is 12.1 Å². The van der Waals surface area contributed by atoms with Gasteiger partial charge in [0.1, 0.15) is 12.1 Å². The maximum absolute atomic E-state index is 4.69. The quantitative estimate of drug-likeness (QED) is 0.343. The topological polar surface area (TPSA) is 90.9 Å². The molecule has 0 spiro atoms. The molecule has 0 atom stereocenters. The maximum atomic E-state index is 4.69. The molecule has 1 saturated heterocycles. The Morgan fingerprint density at radius 3 is 2.24 bits per heavy atom. The largest absolute Gasteiger partial charge is 0.372 e. The molecule has 1 aliphatic rings. The summed E-state index contributed by atoms with van der Waals surface area (Å²) in [6.45, 7) is 2.28. The third kappa shape index (κ3) is 5.35. The summed E-state index contributed by atoms with van der Waals surface area (Å²) in [5.74, 6) is 1.27. The van der Waals surface area contributed by atoms with Crippen LogP contribution in [0, 0.1) is 0 Å². The fourth-order valence-electron chi connectivity index (χ4n) is 3.84. The lowest BCUT2D eigenvalue weighted by Gasteiger charge is -2.28. The van der Waals surface area contributed by atoms with Crippen LogP contribution in [0.15, 0.2) is 79.4 Å². The van der Waals surface area contributed by atoms with Gasteiger partial charge >= 0.3 is 0 Å². The van der Waals surface area contributed by atoms with Gasteiger partial charge in [0.05, 0.1) is 11.4 Å². The monoisotopic (exact) mass is 438 g/mol. The van der Waals surface area contributed by atoms with Gasteiger partial charge in [0.25, 0.3) is 0 Å². The molecule has 0 bridgehead atoms. The summed E-state index contributed by atoms with van der Waals surface area (Å²) in [7, 11) is 0. The van der Waals surface area contributed by atoms with Crippen molar-refractivity contribution in [2.45, 2.75) is 19.3 Å². The Labute approximate surface area is 193 Å². The number of anilines is 5. The molecule has 166 valence electrons. The number of nitrogens with one attached hydrogen (secondary N) is 3. The molecule has 1 aliphatic heterocycles. The Morgan fingerprint density at radius 1 is 0.697 bits per heavy atom. The predicted octanol–water partition coefficient (Wildman–Crippen LogP) is 5.11. The van der Waals surface area contributed by atoms with Gasteiger partial charge in [0.15, 0.2) is 0 Å². The number of aromatic nitrogens is 4. The molecule has 8 heteroatoms. The first-order chi connectivity index (χ1) is 16.3. The van der Waals surface area contributed by atoms with E-state index in [9.17, 15) is 0 Å². The summed E-state index contributed by atoms with van der Waals surface area (Å²) in [6.07, 6.45) is 8.84. The van der Waals surface area contributed by atoms with Gasteiger partial charge < -0.3 is 10.2 Å². The van der Waals surface area contributed by atoms with Crippen LogP contribution < -0.4 is 21.1 Å². The third-order valence-corrected chi connectivity index (χ3v) is 5.60. The Bertz CT molecular complexity index is 1160. The lowest BCUT2D eigenvalue weighted by Crippen LogP contribution is -2.29. The molecular weight excluding hydrogens is 412 g/mol. The summed E-state index contributed by atoms with van der Waals surface area (Å²) < 4.78 is 0. The molecule has 3 N–H and O–H groups in total. The number of hydrazine groups is 1. The van der Waals surface area contributed by atoms with Crippen molar-refractivity contribution in [2.24, 2.45) is 0 Å². The average Bonchev–Trinajstić information content (AvgIpc) is 2.90. The maximum Gasteiger partial charge on any atom is 0.227 e. The average molecular weight is 439 g/mol. The summed E-state index contributed by atoms with van der Waals surface area (Å²) in [5, 5.41) is 3.32. The smallest absolute Gasteiger partial charge is 0.227 e. The Hall–Kier alpha value is -4.20. The van der Waals surface area contributed by atoms with Crippen molar-refractivity contribution in [2.75, 3.05) is 34.2 Å². The summed E-state index contributed by atoms with van der Waals surface area (Å²) in [5.41, 5.74) is 11.2. The van der Waals surface area contributed by atoms with Gasteiger partial charge in [-0.3, -0.25) is 10.9 Å². The minimum Gasteiger partial charge on any atom is -0.372 e. The number of nitrogens with zero attached hydrogens (tertiary/aromatic N) is 5. The second kappa shape index (κ2) is 9.95. The highest BCUT2D eigenvalue weighted by Crippen LogP contribution is 2.24. The lowest BCUT2D eigenvalue weighted by atomic mass is 10.1. The molecule has 3 heterocycles. The van der Waals surface area contributed by atoms with E-state index in [2.05, 4.69) is 65.3 Å². The fraction of sp³-hybridized carbons (Fsp3) is 0.200. The highest BCUT2D eigenvalue weighted by atomic mass is 15.4. The first kappa shape index (κ1) is 20.7. The zero-order valence-electron chi connectivity index (χ0n) is 18.3. The second-order valence-corrected chi connectivity index (χ2v) is 7.91. The van der Waals surface area contributed by atoms with E-state index < -0.39 is 0 Å². The summed E-state index contributed by atoms with van der Waals surface area (Å²) in [4.78, 5) is 19.5. The van der Waals surface area contributed by atoms with E-state index in [4.69, 9.17) is 0 Å². The van der Waals surface area contributed by atoms with Gasteiger partial charge in [-0.05, 0) is 61.7 Å². The molecule has 0 aliphatic carbocycles. The second-order valence-electron chi connectivity index (χ2n) is 7.91. The van der Waals surface area contributed by atoms with Crippen LogP contribution in [0.2, 0.25) is 0 Å². The van der Waals surface area contributed by atoms with E-state index >= 15 is 0 Å². The van der Waals surface area contributed by atoms with Crippen molar-refractivity contribution in [1.82, 2.24) is 19.9 Å². The Balaban J connectivity index is 1.22. The van der Waals surface area contributed by atoms with Gasteiger partial charge in [-0.15, -0.1) is 0 Å². The molecule has 4 aromatic rings. The van der Waals surface area contributed by atoms with Crippen LogP contribution in [0.1, 0.15) is 19.3 Å². The van der Waals surface area contributed by atoms with Crippen LogP contribution in [0.4, 0.5) is 28.8 Å². The minimum atomic E-state index is 0.575. The SMILES string of the molecule is c1cc(NNc2ccc(-c3ccnc(Nc4ccc(N5CCCCC5)cc4)n3)cc2)ncn1. The van der Waals surface area contributed by atoms with E-state index in [1.165, 1.54) is 31.3 Å². The standard InChI is InChI=1S/C25H26N8/c1-2-16-33(17-3-1)22-10-8-20(9-11-22)29-25-27-15-12-23(30-25)19-4-6-21(7-5-19)31-32-24-13-14-26-18-28-24/h4-15,18,31H,1-3,16-17H2,(H,26,28,32)(H,27,29,30). The van der Waals surface area contributed by atoms with E-state index in [1.54, 1.807) is 18.5 Å². The van der Waals surface area contributed by atoms with Crippen molar-refractivity contribution >= 4 is 28.8 Å². The first-order valence-corrected chi connectivity index (χ1v) is 11.2. The highest BCUT2D eigenvalue weighted by molar-refractivity contribution is 5.65. The van der Waals surface area contributed by atoms with Crippen molar-refractivity contribution in [1.29, 1.82) is 0 Å². The van der Waals surface area contributed by atoms with Crippen molar-refractivity contribution in [3.8, 4) is 11.3 Å². The van der Waals surface area contributed by atoms with E-state index in [0.717, 1.165) is 35.7 Å². The van der Waals surface area contributed by atoms with Crippen LogP contribution in [0.5, 0.6) is 0 Å². The number of piperidine rings is 1. The molecule has 0 unspecified atom stereocenters. The molecule has 2 aromatic heterocycles. The lowest BCUT2D eigenvalue weighted by molar-refractivity contribution is 0.578. The molecule has 2 aromatic carbocycles. The van der Waals surface area contributed by atoms with Crippen molar-refractivity contribution < 1.29 is 0 Å². The molecule has 0 radical (unpaired) electrons. The van der Waals surface area contributed by atoms with Crippen LogP contribution in [0.25, 0.3) is 11.3 Å². The van der Waals surface area contributed by atoms with Crippen LogP contribution in [-0.2, 0) is 0 Å². The summed E-state index contributed by atoms with van der Waals surface area (Å²) in [6, 6.07) is 20.2. The van der Waals surface area contributed by atoms with Crippen molar-refractivity contribution in [3.63, 3.8) is 0 Å². The van der Waals surface area contributed by atoms with Gasteiger partial charge in [-0.2, -0.15) is 0 Å². The number of benzene rings is 2. The molecular formula is C25H26N8. The first-order valence-electron chi connectivity index (χ1n) is 11.2. The zero-order valence-corrected chi connectivity index (χ0v) is 18.3. The molecule has 0 amide bonds. The van der Waals surface area contributed by atoms with Crippen LogP contribution in [0.3, 0.4) is 0 Å². The molecule has 1 fully saturated rings. The minimum absolute atomic E-state index is 0.575. The normalized spacial score (nSPS) is 13.4. The molecule has 33 heavy (non-hydrogen) atoms. The van der Waals surface area contributed by atoms with Crippen LogP contribution >= 0.6 is 0 Å². The number of hydrogen-bond donors (Lipinski definition) is 3. The highest BCUT2D eigenvalue weighted by Gasteiger charge is 2.11. The Kier molecular flexibility index (Phi) is 6.24. The molecule has 8 nitrogen and oxygen atoms in total. The third-order valence-electron chi connectivity index (χ3n) is 5.60.